The molecule has 0 unspecified atom stereocenters. The summed E-state index contributed by atoms with van der Waals surface area (Å²) in [6.07, 6.45) is 0. The molecule has 0 rings (SSSR count). The third kappa shape index (κ3) is 6.57. The van der Waals surface area contributed by atoms with E-state index in [1.54, 1.807) is 6.92 Å². The fourth-order valence-electron chi connectivity index (χ4n) is 0.480. The van der Waals surface area contributed by atoms with Crippen molar-refractivity contribution in [2.24, 2.45) is 0 Å². The second kappa shape index (κ2) is 8.96. The van der Waals surface area contributed by atoms with E-state index in [4.69, 9.17) is 13.6 Å². The highest BCUT2D eigenvalue weighted by molar-refractivity contribution is 7.41. The summed E-state index contributed by atoms with van der Waals surface area (Å²) in [6, 6.07) is 0. The summed E-state index contributed by atoms with van der Waals surface area (Å²) in [5.74, 6) is 5.51. The summed E-state index contributed by atoms with van der Waals surface area (Å²) in [6.45, 7) is 7.16. The zero-order valence-corrected chi connectivity index (χ0v) is 8.69. The molecule has 0 amide bonds. The van der Waals surface area contributed by atoms with Crippen molar-refractivity contribution in [3.8, 4) is 11.8 Å². The van der Waals surface area contributed by atoms with Crippen molar-refractivity contribution in [3.63, 3.8) is 0 Å². The Morgan fingerprint density at radius 1 is 1.08 bits per heavy atom. The predicted octanol–water partition coefficient (Wildman–Crippen LogP) is 2.33. The van der Waals surface area contributed by atoms with E-state index < -0.39 is 8.60 Å². The highest BCUT2D eigenvalue weighted by Crippen LogP contribution is 2.38. The fourth-order valence-corrected chi connectivity index (χ4v) is 1.29. The van der Waals surface area contributed by atoms with Crippen molar-refractivity contribution in [2.75, 3.05) is 19.8 Å². The maximum Gasteiger partial charge on any atom is 0.333 e. The number of rotatable bonds is 6. The van der Waals surface area contributed by atoms with Gasteiger partial charge in [0.25, 0.3) is 0 Å². The van der Waals surface area contributed by atoms with E-state index in [0.29, 0.717) is 19.8 Å². The van der Waals surface area contributed by atoms with Gasteiger partial charge >= 0.3 is 8.60 Å². The van der Waals surface area contributed by atoms with Gasteiger partial charge in [0.15, 0.2) is 0 Å². The van der Waals surface area contributed by atoms with Crippen molar-refractivity contribution < 1.29 is 13.6 Å². The first-order valence-electron chi connectivity index (χ1n) is 3.93. The van der Waals surface area contributed by atoms with E-state index >= 15 is 0 Å². The Labute approximate surface area is 75.4 Å². The molecule has 0 N–H and O–H groups in total. The number of hydrogen-bond acceptors (Lipinski definition) is 3. The monoisotopic (exact) mass is 190 g/mol. The average molecular weight is 190 g/mol. The Hall–Kier alpha value is -0.130. The summed E-state index contributed by atoms with van der Waals surface area (Å²) in [4.78, 5) is 0. The second-order valence-corrected chi connectivity index (χ2v) is 2.98. The van der Waals surface area contributed by atoms with Crippen LogP contribution in [0, 0.1) is 11.8 Å². The van der Waals surface area contributed by atoms with Gasteiger partial charge in [0.05, 0.1) is 13.2 Å². The molecule has 0 aliphatic heterocycles. The molecule has 0 fully saturated rings. The Morgan fingerprint density at radius 3 is 2.08 bits per heavy atom. The van der Waals surface area contributed by atoms with Crippen LogP contribution < -0.4 is 0 Å². The highest BCUT2D eigenvalue weighted by Gasteiger charge is 2.08. The first-order valence-corrected chi connectivity index (χ1v) is 5.03. The SMILES string of the molecule is CC#CCOP(OCC)OCC. The minimum Gasteiger partial charge on any atom is -0.313 e. The summed E-state index contributed by atoms with van der Waals surface area (Å²) < 4.78 is 15.6. The zero-order chi connectivity index (χ0) is 9.23. The average Bonchev–Trinajstić information content (AvgIpc) is 2.06. The smallest absolute Gasteiger partial charge is 0.313 e. The van der Waals surface area contributed by atoms with Gasteiger partial charge in [-0.1, -0.05) is 5.92 Å². The lowest BCUT2D eigenvalue weighted by Crippen LogP contribution is -1.95. The maximum atomic E-state index is 5.21. The highest BCUT2D eigenvalue weighted by atomic mass is 31.2. The lowest BCUT2D eigenvalue weighted by molar-refractivity contribution is 0.184. The Balaban J connectivity index is 3.52. The van der Waals surface area contributed by atoms with E-state index in [1.165, 1.54) is 0 Å². The minimum absolute atomic E-state index is 0.377. The maximum absolute atomic E-state index is 5.21. The summed E-state index contributed by atoms with van der Waals surface area (Å²) >= 11 is 0. The van der Waals surface area contributed by atoms with Crippen LogP contribution in [-0.2, 0) is 13.6 Å². The Bertz CT molecular complexity index is 144. The Kier molecular flexibility index (Phi) is 8.86. The standard InChI is InChI=1S/C8H15O3P/c1-4-7-8-11-12(9-5-2)10-6-3/h5-6,8H2,1-3H3. The molecule has 0 saturated carbocycles. The first kappa shape index (κ1) is 11.9. The molecule has 0 spiro atoms. The molecule has 0 heterocycles. The molecular weight excluding hydrogens is 175 g/mol. The molecule has 0 saturated heterocycles. The van der Waals surface area contributed by atoms with Crippen molar-refractivity contribution >= 4 is 8.60 Å². The van der Waals surface area contributed by atoms with Gasteiger partial charge in [-0.25, -0.2) is 0 Å². The van der Waals surface area contributed by atoms with Gasteiger partial charge in [-0.05, 0) is 20.8 Å². The van der Waals surface area contributed by atoms with Crippen LogP contribution >= 0.6 is 8.60 Å². The van der Waals surface area contributed by atoms with Gasteiger partial charge in [-0.15, -0.1) is 5.92 Å². The van der Waals surface area contributed by atoms with Gasteiger partial charge in [0, 0.05) is 0 Å². The molecule has 0 atom stereocenters. The largest absolute Gasteiger partial charge is 0.333 e. The van der Waals surface area contributed by atoms with Crippen LogP contribution in [0.5, 0.6) is 0 Å². The molecule has 0 aromatic rings. The van der Waals surface area contributed by atoms with E-state index in [0.717, 1.165) is 0 Å². The molecule has 3 nitrogen and oxygen atoms in total. The lowest BCUT2D eigenvalue weighted by atomic mass is 10.6. The van der Waals surface area contributed by atoms with E-state index in [1.807, 2.05) is 13.8 Å². The molecule has 70 valence electrons. The van der Waals surface area contributed by atoms with Crippen LogP contribution in [0.3, 0.4) is 0 Å². The van der Waals surface area contributed by atoms with Crippen LogP contribution in [0.25, 0.3) is 0 Å². The molecular formula is C8H15O3P. The summed E-state index contributed by atoms with van der Waals surface area (Å²) in [7, 11) is -1.17. The van der Waals surface area contributed by atoms with Gasteiger partial charge < -0.3 is 9.05 Å². The van der Waals surface area contributed by atoms with Crippen LogP contribution in [0.1, 0.15) is 20.8 Å². The molecule has 0 aliphatic rings. The third-order valence-corrected chi connectivity index (χ3v) is 2.17. The lowest BCUT2D eigenvalue weighted by Gasteiger charge is -2.12. The van der Waals surface area contributed by atoms with E-state index in [-0.39, 0.29) is 0 Å². The normalized spacial score (nSPS) is 9.67. The van der Waals surface area contributed by atoms with Gasteiger partial charge in [0.1, 0.15) is 6.61 Å². The fraction of sp³-hybridized carbons (Fsp3) is 0.750. The predicted molar refractivity (Wildman–Crippen MR) is 49.6 cm³/mol. The molecule has 0 aromatic carbocycles. The third-order valence-electron chi connectivity index (χ3n) is 0.888. The van der Waals surface area contributed by atoms with Crippen LogP contribution in [0.2, 0.25) is 0 Å². The number of hydrogen-bond donors (Lipinski definition) is 0. The molecule has 12 heavy (non-hydrogen) atoms. The topological polar surface area (TPSA) is 27.7 Å². The van der Waals surface area contributed by atoms with Crippen LogP contribution in [0.15, 0.2) is 0 Å². The van der Waals surface area contributed by atoms with Gasteiger partial charge in [0.2, 0.25) is 0 Å². The van der Waals surface area contributed by atoms with Gasteiger partial charge in [-0.2, -0.15) is 0 Å². The molecule has 0 bridgehead atoms. The van der Waals surface area contributed by atoms with Crippen molar-refractivity contribution in [1.29, 1.82) is 0 Å². The zero-order valence-electron chi connectivity index (χ0n) is 7.79. The van der Waals surface area contributed by atoms with Gasteiger partial charge in [-0.3, -0.25) is 4.52 Å². The summed E-state index contributed by atoms with van der Waals surface area (Å²) in [5.41, 5.74) is 0. The van der Waals surface area contributed by atoms with Crippen LogP contribution in [-0.4, -0.2) is 19.8 Å². The van der Waals surface area contributed by atoms with Crippen molar-refractivity contribution in [1.82, 2.24) is 0 Å². The first-order chi connectivity index (χ1) is 5.85. The van der Waals surface area contributed by atoms with E-state index in [2.05, 4.69) is 11.8 Å². The Morgan fingerprint density at radius 2 is 1.67 bits per heavy atom. The molecule has 4 heteroatoms. The molecule has 0 aliphatic carbocycles. The van der Waals surface area contributed by atoms with E-state index in [9.17, 15) is 0 Å². The van der Waals surface area contributed by atoms with Crippen molar-refractivity contribution in [3.05, 3.63) is 0 Å². The molecule has 0 radical (unpaired) electrons. The second-order valence-electron chi connectivity index (χ2n) is 1.76. The quantitative estimate of drug-likeness (QED) is 0.475. The van der Waals surface area contributed by atoms with Crippen LogP contribution in [0.4, 0.5) is 0 Å². The minimum atomic E-state index is -1.17. The summed E-state index contributed by atoms with van der Waals surface area (Å²) in [5, 5.41) is 0. The molecule has 0 aromatic heterocycles. The van der Waals surface area contributed by atoms with Crippen molar-refractivity contribution in [2.45, 2.75) is 20.8 Å².